The van der Waals surface area contributed by atoms with Gasteiger partial charge in [-0.1, -0.05) is 6.07 Å². The van der Waals surface area contributed by atoms with Crippen LogP contribution in [0.25, 0.3) is 0 Å². The van der Waals surface area contributed by atoms with E-state index in [0.717, 1.165) is 5.75 Å². The van der Waals surface area contributed by atoms with Gasteiger partial charge in [-0.15, -0.1) is 0 Å². The lowest BCUT2D eigenvalue weighted by Crippen LogP contribution is -1.88. The highest BCUT2D eigenvalue weighted by Gasteiger charge is 2.00. The Labute approximate surface area is 99.1 Å². The Balaban J connectivity index is 2.16. The fraction of sp³-hybridized carbons (Fsp3) is 0.0769. The zero-order valence-corrected chi connectivity index (χ0v) is 9.25. The quantitative estimate of drug-likeness (QED) is 0.807. The lowest BCUT2D eigenvalue weighted by atomic mass is 10.3. The third-order valence-corrected chi connectivity index (χ3v) is 2.13. The van der Waals surface area contributed by atoms with Crippen LogP contribution >= 0.6 is 0 Å². The van der Waals surface area contributed by atoms with E-state index in [2.05, 4.69) is 4.98 Å². The van der Waals surface area contributed by atoms with Crippen LogP contribution in [-0.4, -0.2) is 12.1 Å². The fourth-order valence-electron chi connectivity index (χ4n) is 1.31. The molecule has 1 aromatic heterocycles. The molecule has 0 saturated carbocycles. The summed E-state index contributed by atoms with van der Waals surface area (Å²) < 4.78 is 10.7. The van der Waals surface area contributed by atoms with Gasteiger partial charge >= 0.3 is 0 Å². The minimum atomic E-state index is 0.364. The van der Waals surface area contributed by atoms with E-state index in [0.29, 0.717) is 17.2 Å². The first-order valence-corrected chi connectivity index (χ1v) is 5.00. The monoisotopic (exact) mass is 226 g/mol. The number of benzene rings is 1. The van der Waals surface area contributed by atoms with Gasteiger partial charge in [-0.05, 0) is 24.3 Å². The molecule has 0 aliphatic heterocycles. The summed E-state index contributed by atoms with van der Waals surface area (Å²) in [6.07, 6.45) is 1.51. The highest BCUT2D eigenvalue weighted by molar-refractivity contribution is 5.36. The number of aromatic nitrogens is 1. The predicted octanol–water partition coefficient (Wildman–Crippen LogP) is 2.75. The van der Waals surface area contributed by atoms with Crippen molar-refractivity contribution in [2.75, 3.05) is 7.11 Å². The second-order valence-corrected chi connectivity index (χ2v) is 3.27. The van der Waals surface area contributed by atoms with E-state index in [9.17, 15) is 0 Å². The zero-order chi connectivity index (χ0) is 12.1. The van der Waals surface area contributed by atoms with Gasteiger partial charge in [0, 0.05) is 6.07 Å². The predicted molar refractivity (Wildman–Crippen MR) is 62.0 cm³/mol. The Morgan fingerprint density at radius 2 is 1.94 bits per heavy atom. The van der Waals surface area contributed by atoms with E-state index >= 15 is 0 Å². The van der Waals surface area contributed by atoms with Gasteiger partial charge in [0.05, 0.1) is 13.3 Å². The van der Waals surface area contributed by atoms with Gasteiger partial charge < -0.3 is 9.47 Å². The molecule has 4 nitrogen and oxygen atoms in total. The standard InChI is InChI=1S/C13H10N2O2/c1-16-11-3-2-4-12(7-11)17-13-6-5-10(8-14)15-9-13/h2-7,9H,1H3. The van der Waals surface area contributed by atoms with Crippen LogP contribution in [0.2, 0.25) is 0 Å². The van der Waals surface area contributed by atoms with Crippen LogP contribution in [0.4, 0.5) is 0 Å². The van der Waals surface area contributed by atoms with Crippen molar-refractivity contribution in [1.29, 1.82) is 5.26 Å². The SMILES string of the molecule is COc1cccc(Oc2ccc(C#N)nc2)c1. The van der Waals surface area contributed by atoms with Gasteiger partial charge in [-0.2, -0.15) is 5.26 Å². The topological polar surface area (TPSA) is 55.1 Å². The molecule has 1 aromatic carbocycles. The van der Waals surface area contributed by atoms with E-state index < -0.39 is 0 Å². The van der Waals surface area contributed by atoms with Crippen molar-refractivity contribution in [2.45, 2.75) is 0 Å². The number of pyridine rings is 1. The van der Waals surface area contributed by atoms with Crippen molar-refractivity contribution in [3.8, 4) is 23.3 Å². The van der Waals surface area contributed by atoms with Crippen LogP contribution < -0.4 is 9.47 Å². The third kappa shape index (κ3) is 2.73. The maximum absolute atomic E-state index is 8.62. The number of methoxy groups -OCH3 is 1. The van der Waals surface area contributed by atoms with Crippen LogP contribution in [0.1, 0.15) is 5.69 Å². The molecule has 0 unspecified atom stereocenters. The summed E-state index contributed by atoms with van der Waals surface area (Å²) in [6.45, 7) is 0. The van der Waals surface area contributed by atoms with Crippen molar-refractivity contribution in [1.82, 2.24) is 4.98 Å². The van der Waals surface area contributed by atoms with E-state index in [4.69, 9.17) is 14.7 Å². The first-order valence-electron chi connectivity index (χ1n) is 5.00. The van der Waals surface area contributed by atoms with Crippen molar-refractivity contribution in [2.24, 2.45) is 0 Å². The molecule has 84 valence electrons. The van der Waals surface area contributed by atoms with Crippen LogP contribution in [0.15, 0.2) is 42.6 Å². The summed E-state index contributed by atoms with van der Waals surface area (Å²) in [6, 6.07) is 12.5. The molecule has 17 heavy (non-hydrogen) atoms. The molecule has 0 spiro atoms. The molecule has 0 atom stereocenters. The van der Waals surface area contributed by atoms with E-state index in [1.165, 1.54) is 6.20 Å². The lowest BCUT2D eigenvalue weighted by molar-refractivity contribution is 0.409. The number of rotatable bonds is 3. The summed E-state index contributed by atoms with van der Waals surface area (Å²) in [5.74, 6) is 1.97. The van der Waals surface area contributed by atoms with Crippen molar-refractivity contribution in [3.05, 3.63) is 48.3 Å². The molecule has 1 heterocycles. The molecule has 2 rings (SSSR count). The van der Waals surface area contributed by atoms with Gasteiger partial charge in [0.15, 0.2) is 0 Å². The van der Waals surface area contributed by atoms with Gasteiger partial charge in [0.2, 0.25) is 0 Å². The molecule has 0 N–H and O–H groups in total. The van der Waals surface area contributed by atoms with Crippen molar-refractivity contribution in [3.63, 3.8) is 0 Å². The highest BCUT2D eigenvalue weighted by atomic mass is 16.5. The average molecular weight is 226 g/mol. The summed E-state index contributed by atoms with van der Waals surface area (Å²) >= 11 is 0. The van der Waals surface area contributed by atoms with Gasteiger partial charge in [-0.25, -0.2) is 4.98 Å². The molecular weight excluding hydrogens is 216 g/mol. The van der Waals surface area contributed by atoms with Gasteiger partial charge in [0.1, 0.15) is 29.0 Å². The van der Waals surface area contributed by atoms with E-state index in [1.807, 2.05) is 24.3 Å². The Morgan fingerprint density at radius 3 is 2.59 bits per heavy atom. The molecule has 0 amide bonds. The largest absolute Gasteiger partial charge is 0.497 e. The van der Waals surface area contributed by atoms with Crippen LogP contribution in [-0.2, 0) is 0 Å². The summed E-state index contributed by atoms with van der Waals surface area (Å²) in [4.78, 5) is 3.92. The Hall–Kier alpha value is -2.54. The van der Waals surface area contributed by atoms with E-state index in [1.54, 1.807) is 25.3 Å². The molecule has 0 fully saturated rings. The molecular formula is C13H10N2O2. The first-order chi connectivity index (χ1) is 8.31. The second kappa shape index (κ2) is 4.99. The number of ether oxygens (including phenoxy) is 2. The van der Waals surface area contributed by atoms with Crippen LogP contribution in [0.5, 0.6) is 17.2 Å². The Kier molecular flexibility index (Phi) is 3.22. The highest BCUT2D eigenvalue weighted by Crippen LogP contribution is 2.24. The van der Waals surface area contributed by atoms with Crippen molar-refractivity contribution < 1.29 is 9.47 Å². The minimum absolute atomic E-state index is 0.364. The number of hydrogen-bond donors (Lipinski definition) is 0. The molecule has 4 heteroatoms. The lowest BCUT2D eigenvalue weighted by Gasteiger charge is -2.06. The molecule has 0 bridgehead atoms. The van der Waals surface area contributed by atoms with Crippen LogP contribution in [0.3, 0.4) is 0 Å². The normalized spacial score (nSPS) is 9.41. The Morgan fingerprint density at radius 1 is 1.12 bits per heavy atom. The van der Waals surface area contributed by atoms with E-state index in [-0.39, 0.29) is 0 Å². The number of hydrogen-bond acceptors (Lipinski definition) is 4. The maximum Gasteiger partial charge on any atom is 0.145 e. The summed E-state index contributed by atoms with van der Waals surface area (Å²) in [5, 5.41) is 8.62. The van der Waals surface area contributed by atoms with Crippen molar-refractivity contribution >= 4 is 0 Å². The second-order valence-electron chi connectivity index (χ2n) is 3.27. The molecule has 0 saturated heterocycles. The molecule has 0 aliphatic carbocycles. The first kappa shape index (κ1) is 11.0. The molecule has 2 aromatic rings. The minimum Gasteiger partial charge on any atom is -0.497 e. The Bertz CT molecular complexity index is 544. The van der Waals surface area contributed by atoms with Gasteiger partial charge in [-0.3, -0.25) is 0 Å². The van der Waals surface area contributed by atoms with Crippen LogP contribution in [0, 0.1) is 11.3 Å². The summed E-state index contributed by atoms with van der Waals surface area (Å²) in [7, 11) is 1.60. The smallest absolute Gasteiger partial charge is 0.145 e. The number of nitrogens with zero attached hydrogens (tertiary/aromatic N) is 2. The average Bonchev–Trinajstić information content (AvgIpc) is 2.40. The zero-order valence-electron chi connectivity index (χ0n) is 9.25. The maximum atomic E-state index is 8.62. The third-order valence-electron chi connectivity index (χ3n) is 2.13. The molecule has 0 radical (unpaired) electrons. The van der Waals surface area contributed by atoms with Gasteiger partial charge in [0.25, 0.3) is 0 Å². The number of nitriles is 1. The molecule has 0 aliphatic rings. The summed E-state index contributed by atoms with van der Waals surface area (Å²) in [5.41, 5.74) is 0.364. The fourth-order valence-corrected chi connectivity index (χ4v) is 1.31.